The number of aliphatic hydroxyl groups is 1. The molecule has 1 N–H and O–H groups in total. The van der Waals surface area contributed by atoms with E-state index < -0.39 is 17.7 Å². The summed E-state index contributed by atoms with van der Waals surface area (Å²) in [4.78, 5) is 3.92. The maximum absolute atomic E-state index is 13.1. The smallest absolute Gasteiger partial charge is 0.137 e. The van der Waals surface area contributed by atoms with Gasteiger partial charge in [0.2, 0.25) is 0 Å². The highest BCUT2D eigenvalue weighted by Gasteiger charge is 2.14. The quantitative estimate of drug-likeness (QED) is 0.924. The molecule has 2 aromatic rings. The third-order valence-corrected chi connectivity index (χ3v) is 2.56. The lowest BCUT2D eigenvalue weighted by molar-refractivity contribution is 0.218. The van der Waals surface area contributed by atoms with E-state index in [2.05, 4.69) is 4.98 Å². The molecule has 0 spiro atoms. The van der Waals surface area contributed by atoms with Crippen LogP contribution >= 0.6 is 0 Å². The lowest BCUT2D eigenvalue weighted by atomic mass is 10.0. The average Bonchev–Trinajstić information content (AvgIpc) is 2.37. The van der Waals surface area contributed by atoms with Crippen LogP contribution < -0.4 is 4.74 Å². The Morgan fingerprint density at radius 3 is 2.42 bits per heavy atom. The summed E-state index contributed by atoms with van der Waals surface area (Å²) in [6.07, 6.45) is 1.78. The fourth-order valence-corrected chi connectivity index (χ4v) is 1.76. The second kappa shape index (κ2) is 5.75. The predicted octanol–water partition coefficient (Wildman–Crippen LogP) is 2.84. The van der Waals surface area contributed by atoms with E-state index in [9.17, 15) is 13.9 Å². The molecule has 1 unspecified atom stereocenters. The Bertz CT molecular complexity index is 555. The van der Waals surface area contributed by atoms with Crippen molar-refractivity contribution in [1.29, 1.82) is 0 Å². The van der Waals surface area contributed by atoms with Crippen LogP contribution in [-0.2, 0) is 0 Å². The van der Waals surface area contributed by atoms with Crippen molar-refractivity contribution in [2.45, 2.75) is 13.0 Å². The van der Waals surface area contributed by atoms with Gasteiger partial charge in [0.05, 0.1) is 12.8 Å². The molecule has 0 fully saturated rings. The fourth-order valence-electron chi connectivity index (χ4n) is 1.76. The van der Waals surface area contributed by atoms with Crippen molar-refractivity contribution in [3.8, 4) is 5.75 Å². The first-order valence-corrected chi connectivity index (χ1v) is 5.82. The first-order valence-electron chi connectivity index (χ1n) is 5.82. The molecule has 0 aliphatic rings. The Kier molecular flexibility index (Phi) is 4.06. The van der Waals surface area contributed by atoms with Gasteiger partial charge in [-0.3, -0.25) is 4.98 Å². The van der Waals surface area contributed by atoms with Crippen LogP contribution in [0.25, 0.3) is 0 Å². The summed E-state index contributed by atoms with van der Waals surface area (Å²) in [5, 5.41) is 10.1. The third-order valence-electron chi connectivity index (χ3n) is 2.56. The molecule has 0 saturated heterocycles. The van der Waals surface area contributed by atoms with Gasteiger partial charge in [0, 0.05) is 17.8 Å². The van der Waals surface area contributed by atoms with E-state index in [4.69, 9.17) is 4.74 Å². The highest BCUT2D eigenvalue weighted by Crippen LogP contribution is 2.25. The molecule has 5 heteroatoms. The number of hydrogen-bond donors (Lipinski definition) is 1. The molecular formula is C14H13F2NO2. The molecule has 0 aliphatic heterocycles. The number of aromatic nitrogens is 1. The number of ether oxygens (including phenoxy) is 1. The molecule has 0 saturated carbocycles. The summed E-state index contributed by atoms with van der Waals surface area (Å²) in [7, 11) is 0. The van der Waals surface area contributed by atoms with Gasteiger partial charge in [0.15, 0.2) is 0 Å². The summed E-state index contributed by atoms with van der Waals surface area (Å²) in [5.74, 6) is -0.970. The largest absolute Gasteiger partial charge is 0.492 e. The second-order valence-corrected chi connectivity index (χ2v) is 3.99. The van der Waals surface area contributed by atoms with E-state index in [-0.39, 0.29) is 5.56 Å². The lowest BCUT2D eigenvalue weighted by Gasteiger charge is -2.12. The van der Waals surface area contributed by atoms with Crippen molar-refractivity contribution in [3.05, 3.63) is 59.4 Å². The third kappa shape index (κ3) is 3.26. The van der Waals surface area contributed by atoms with Crippen LogP contribution in [-0.4, -0.2) is 16.7 Å². The van der Waals surface area contributed by atoms with Gasteiger partial charge in [-0.05, 0) is 30.7 Å². The highest BCUT2D eigenvalue weighted by molar-refractivity contribution is 5.32. The summed E-state index contributed by atoms with van der Waals surface area (Å²) in [6.45, 7) is 2.29. The monoisotopic (exact) mass is 265 g/mol. The number of rotatable bonds is 4. The van der Waals surface area contributed by atoms with Crippen LogP contribution in [0.2, 0.25) is 0 Å². The van der Waals surface area contributed by atoms with E-state index in [0.29, 0.717) is 17.9 Å². The van der Waals surface area contributed by atoms with Crippen molar-refractivity contribution in [2.75, 3.05) is 6.61 Å². The molecule has 0 aliphatic carbocycles. The molecule has 2 rings (SSSR count). The van der Waals surface area contributed by atoms with Crippen molar-refractivity contribution >= 4 is 0 Å². The Balaban J connectivity index is 2.32. The molecule has 1 aromatic carbocycles. The lowest BCUT2D eigenvalue weighted by Crippen LogP contribution is -2.03. The van der Waals surface area contributed by atoms with Gasteiger partial charge in [0.25, 0.3) is 0 Å². The summed E-state index contributed by atoms with van der Waals surface area (Å²) in [5.41, 5.74) is 0.545. The minimum absolute atomic E-state index is 0.132. The summed E-state index contributed by atoms with van der Waals surface area (Å²) < 4.78 is 31.5. The molecular weight excluding hydrogens is 252 g/mol. The van der Waals surface area contributed by atoms with Crippen LogP contribution in [0.1, 0.15) is 24.2 Å². The topological polar surface area (TPSA) is 42.4 Å². The first-order chi connectivity index (χ1) is 9.10. The van der Waals surface area contributed by atoms with E-state index in [1.165, 1.54) is 12.4 Å². The van der Waals surface area contributed by atoms with Crippen LogP contribution in [0.3, 0.4) is 0 Å². The standard InChI is InChI=1S/C14H13F2NO2/c1-2-19-13-5-10(7-17-8-13)14(18)9-3-11(15)6-12(16)4-9/h3-8,14,18H,2H2,1H3. The number of halogens is 2. The van der Waals surface area contributed by atoms with Crippen LogP contribution in [0, 0.1) is 11.6 Å². The van der Waals surface area contributed by atoms with Crippen molar-refractivity contribution in [3.63, 3.8) is 0 Å². The van der Waals surface area contributed by atoms with Crippen LogP contribution in [0.4, 0.5) is 8.78 Å². The number of hydrogen-bond acceptors (Lipinski definition) is 3. The molecule has 1 atom stereocenters. The zero-order valence-corrected chi connectivity index (χ0v) is 10.3. The maximum atomic E-state index is 13.1. The van der Waals surface area contributed by atoms with Gasteiger partial charge in [-0.1, -0.05) is 0 Å². The molecule has 100 valence electrons. The molecule has 3 nitrogen and oxygen atoms in total. The predicted molar refractivity (Wildman–Crippen MR) is 65.8 cm³/mol. The van der Waals surface area contributed by atoms with E-state index >= 15 is 0 Å². The van der Waals surface area contributed by atoms with Gasteiger partial charge < -0.3 is 9.84 Å². The second-order valence-electron chi connectivity index (χ2n) is 3.99. The molecule has 0 amide bonds. The van der Waals surface area contributed by atoms with Gasteiger partial charge >= 0.3 is 0 Å². The first kappa shape index (κ1) is 13.4. The van der Waals surface area contributed by atoms with Gasteiger partial charge in [-0.2, -0.15) is 0 Å². The van der Waals surface area contributed by atoms with Gasteiger partial charge in [0.1, 0.15) is 23.5 Å². The zero-order chi connectivity index (χ0) is 13.8. The number of pyridine rings is 1. The maximum Gasteiger partial charge on any atom is 0.137 e. The zero-order valence-electron chi connectivity index (χ0n) is 10.3. The van der Waals surface area contributed by atoms with Gasteiger partial charge in [-0.15, -0.1) is 0 Å². The normalized spacial score (nSPS) is 12.2. The minimum atomic E-state index is -1.15. The molecule has 0 radical (unpaired) electrons. The average molecular weight is 265 g/mol. The van der Waals surface area contributed by atoms with Crippen LogP contribution in [0.15, 0.2) is 36.7 Å². The van der Waals surface area contributed by atoms with Crippen molar-refractivity contribution in [2.24, 2.45) is 0 Å². The van der Waals surface area contributed by atoms with E-state index in [1.807, 2.05) is 6.92 Å². The fraction of sp³-hybridized carbons (Fsp3) is 0.214. The van der Waals surface area contributed by atoms with E-state index in [1.54, 1.807) is 6.07 Å². The molecule has 0 bridgehead atoms. The Morgan fingerprint density at radius 2 is 1.79 bits per heavy atom. The number of benzene rings is 1. The number of aliphatic hydroxyl groups excluding tert-OH is 1. The Morgan fingerprint density at radius 1 is 1.11 bits per heavy atom. The number of nitrogens with zero attached hydrogens (tertiary/aromatic N) is 1. The molecule has 1 heterocycles. The molecule has 1 aromatic heterocycles. The summed E-state index contributed by atoms with van der Waals surface area (Å²) >= 11 is 0. The minimum Gasteiger partial charge on any atom is -0.492 e. The SMILES string of the molecule is CCOc1cncc(C(O)c2cc(F)cc(F)c2)c1. The van der Waals surface area contributed by atoms with Crippen LogP contribution in [0.5, 0.6) is 5.75 Å². The molecule has 19 heavy (non-hydrogen) atoms. The van der Waals surface area contributed by atoms with Gasteiger partial charge in [-0.25, -0.2) is 8.78 Å². The highest BCUT2D eigenvalue weighted by atomic mass is 19.1. The Hall–Kier alpha value is -2.01. The van der Waals surface area contributed by atoms with Crippen molar-refractivity contribution in [1.82, 2.24) is 4.98 Å². The van der Waals surface area contributed by atoms with Crippen molar-refractivity contribution < 1.29 is 18.6 Å². The van der Waals surface area contributed by atoms with E-state index in [0.717, 1.165) is 18.2 Å². The summed E-state index contributed by atoms with van der Waals surface area (Å²) in [6, 6.07) is 4.51. The Labute approximate surface area is 109 Å².